The van der Waals surface area contributed by atoms with Gasteiger partial charge in [0.25, 0.3) is 0 Å². The molecule has 0 aliphatic carbocycles. The summed E-state index contributed by atoms with van der Waals surface area (Å²) >= 11 is 0. The number of piperidine rings is 1. The molecule has 0 radical (unpaired) electrons. The molecule has 104 valence electrons. The Bertz CT molecular complexity index is 448. The summed E-state index contributed by atoms with van der Waals surface area (Å²) in [5.41, 5.74) is 0. The first-order chi connectivity index (χ1) is 9.09. The number of aromatic amines is 1. The zero-order valence-electron chi connectivity index (χ0n) is 10.5. The highest BCUT2D eigenvalue weighted by atomic mass is 16.4. The van der Waals surface area contributed by atoms with Crippen LogP contribution in [0.1, 0.15) is 25.6 Å². The molecule has 0 saturated carbocycles. The van der Waals surface area contributed by atoms with E-state index < -0.39 is 18.0 Å². The zero-order chi connectivity index (χ0) is 13.8. The Labute approximate surface area is 109 Å². The first-order valence-corrected chi connectivity index (χ1v) is 6.09. The molecule has 1 aromatic heterocycles. The van der Waals surface area contributed by atoms with Crippen LogP contribution in [-0.4, -0.2) is 55.2 Å². The van der Waals surface area contributed by atoms with Gasteiger partial charge in [-0.1, -0.05) is 12.1 Å². The van der Waals surface area contributed by atoms with Crippen molar-refractivity contribution in [3.8, 4) is 0 Å². The third-order valence-electron chi connectivity index (χ3n) is 3.23. The molecule has 1 aliphatic heterocycles. The van der Waals surface area contributed by atoms with E-state index in [4.69, 9.17) is 0 Å². The average Bonchev–Trinajstić information content (AvgIpc) is 2.88. The van der Waals surface area contributed by atoms with Gasteiger partial charge in [-0.3, -0.25) is 0 Å². The fourth-order valence-corrected chi connectivity index (χ4v) is 2.31. The molecule has 19 heavy (non-hydrogen) atoms. The monoisotopic (exact) mass is 268 g/mol. The third-order valence-corrected chi connectivity index (χ3v) is 3.23. The summed E-state index contributed by atoms with van der Waals surface area (Å²) in [5.74, 6) is -0.672. The number of amides is 2. The summed E-state index contributed by atoms with van der Waals surface area (Å²) in [4.78, 5) is 24.6. The fourth-order valence-electron chi connectivity index (χ4n) is 2.31. The van der Waals surface area contributed by atoms with Gasteiger partial charge >= 0.3 is 12.0 Å². The molecule has 1 aliphatic rings. The second-order valence-corrected chi connectivity index (χ2v) is 4.58. The Morgan fingerprint density at radius 1 is 1.58 bits per heavy atom. The highest BCUT2D eigenvalue weighted by molar-refractivity contribution is 5.83. The van der Waals surface area contributed by atoms with Crippen LogP contribution in [0.4, 0.5) is 4.79 Å². The summed E-state index contributed by atoms with van der Waals surface area (Å²) in [6.07, 6.45) is 1.62. The van der Waals surface area contributed by atoms with Gasteiger partial charge in [0.15, 0.2) is 5.82 Å². The van der Waals surface area contributed by atoms with Crippen LogP contribution in [0.25, 0.3) is 0 Å². The molecule has 2 unspecified atom stereocenters. The zero-order valence-corrected chi connectivity index (χ0v) is 10.5. The highest BCUT2D eigenvalue weighted by Crippen LogP contribution is 2.23. The Hall–Kier alpha value is -2.19. The number of carbonyl (C=O) groups is 2. The minimum atomic E-state index is -0.970. The van der Waals surface area contributed by atoms with Crippen molar-refractivity contribution in [2.45, 2.75) is 32.4 Å². The van der Waals surface area contributed by atoms with Gasteiger partial charge in [0.2, 0.25) is 0 Å². The summed E-state index contributed by atoms with van der Waals surface area (Å²) in [6.45, 7) is 2.41. The van der Waals surface area contributed by atoms with Crippen LogP contribution in [0.2, 0.25) is 0 Å². The summed E-state index contributed by atoms with van der Waals surface area (Å²) in [5, 5.41) is 24.9. The molecular weight excluding hydrogens is 252 g/mol. The molecule has 1 saturated heterocycles. The number of hydrogen-bond donors (Lipinski definition) is 3. The van der Waals surface area contributed by atoms with E-state index in [1.54, 1.807) is 0 Å². The highest BCUT2D eigenvalue weighted by Gasteiger charge is 2.36. The maximum Gasteiger partial charge on any atom is 0.326 e. The number of H-pyrrole nitrogens is 1. The predicted molar refractivity (Wildman–Crippen MR) is 62.9 cm³/mol. The lowest BCUT2D eigenvalue weighted by atomic mass is 9.91. The Balaban J connectivity index is 1.97. The first kappa shape index (κ1) is 13.2. The van der Waals surface area contributed by atoms with Crippen molar-refractivity contribution in [3.05, 3.63) is 5.82 Å². The lowest BCUT2D eigenvalue weighted by Gasteiger charge is -2.37. The molecule has 2 heterocycles. The van der Waals surface area contributed by atoms with E-state index in [-0.39, 0.29) is 12.5 Å². The van der Waals surface area contributed by atoms with Crippen molar-refractivity contribution in [1.82, 2.24) is 30.8 Å². The quantitative estimate of drug-likeness (QED) is 0.684. The molecule has 3 N–H and O–H groups in total. The normalized spacial score (nSPS) is 23.1. The number of carboxylic acids is 1. The van der Waals surface area contributed by atoms with Gasteiger partial charge in [0.1, 0.15) is 6.04 Å². The van der Waals surface area contributed by atoms with Crippen molar-refractivity contribution in [1.29, 1.82) is 0 Å². The standard InChI is InChI=1S/C10H16N6O3/c1-6-3-2-4-16(8(6)9(17)18)10(19)11-5-7-12-14-15-13-7/h6,8H,2-5H2,1H3,(H,11,19)(H,17,18)(H,12,13,14,15). The Kier molecular flexibility index (Phi) is 3.93. The molecular formula is C10H16N6O3. The number of likely N-dealkylation sites (tertiary alicyclic amines) is 1. The smallest absolute Gasteiger partial charge is 0.326 e. The minimum absolute atomic E-state index is 0.0535. The largest absolute Gasteiger partial charge is 0.480 e. The molecule has 1 fully saturated rings. The van der Waals surface area contributed by atoms with Crippen LogP contribution < -0.4 is 5.32 Å². The van der Waals surface area contributed by atoms with E-state index in [1.165, 1.54) is 4.90 Å². The lowest BCUT2D eigenvalue weighted by molar-refractivity contribution is -0.145. The molecule has 9 nitrogen and oxygen atoms in total. The second-order valence-electron chi connectivity index (χ2n) is 4.58. The molecule has 1 aromatic rings. The van der Waals surface area contributed by atoms with Gasteiger partial charge in [-0.25, -0.2) is 9.59 Å². The molecule has 0 spiro atoms. The fraction of sp³-hybridized carbons (Fsp3) is 0.700. The summed E-state index contributed by atoms with van der Waals surface area (Å²) in [6, 6.07) is -1.19. The maximum absolute atomic E-state index is 12.0. The molecule has 0 bridgehead atoms. The van der Waals surface area contributed by atoms with Crippen LogP contribution in [0, 0.1) is 5.92 Å². The molecule has 9 heteroatoms. The van der Waals surface area contributed by atoms with Gasteiger partial charge in [-0.2, -0.15) is 5.21 Å². The number of nitrogens with zero attached hydrogens (tertiary/aromatic N) is 4. The molecule has 0 aromatic carbocycles. The van der Waals surface area contributed by atoms with Gasteiger partial charge < -0.3 is 15.3 Å². The molecule has 2 rings (SSSR count). The SMILES string of the molecule is CC1CCCN(C(=O)NCc2nn[nH]n2)C1C(=O)O. The van der Waals surface area contributed by atoms with Gasteiger partial charge in [-0.15, -0.1) is 10.2 Å². The van der Waals surface area contributed by atoms with Crippen molar-refractivity contribution in [2.24, 2.45) is 5.92 Å². The third kappa shape index (κ3) is 2.98. The summed E-state index contributed by atoms with van der Waals surface area (Å²) in [7, 11) is 0. The summed E-state index contributed by atoms with van der Waals surface area (Å²) < 4.78 is 0. The van der Waals surface area contributed by atoms with Gasteiger partial charge in [-0.05, 0) is 18.8 Å². The number of carbonyl (C=O) groups excluding carboxylic acids is 1. The van der Waals surface area contributed by atoms with E-state index in [0.29, 0.717) is 12.4 Å². The number of rotatable bonds is 3. The lowest BCUT2D eigenvalue weighted by Crippen LogP contribution is -2.54. The van der Waals surface area contributed by atoms with Gasteiger partial charge in [0, 0.05) is 6.54 Å². The number of nitrogens with one attached hydrogen (secondary N) is 2. The number of carboxylic acid groups (broad SMARTS) is 1. The van der Waals surface area contributed by atoms with Crippen molar-refractivity contribution >= 4 is 12.0 Å². The second kappa shape index (κ2) is 5.63. The number of aliphatic carboxylic acids is 1. The van der Waals surface area contributed by atoms with Crippen LogP contribution >= 0.6 is 0 Å². The topological polar surface area (TPSA) is 124 Å². The number of urea groups is 1. The van der Waals surface area contributed by atoms with Gasteiger partial charge in [0.05, 0.1) is 6.54 Å². The minimum Gasteiger partial charge on any atom is -0.480 e. The number of hydrogen-bond acceptors (Lipinski definition) is 5. The van der Waals surface area contributed by atoms with Crippen molar-refractivity contribution in [3.63, 3.8) is 0 Å². The van der Waals surface area contributed by atoms with Crippen molar-refractivity contribution in [2.75, 3.05) is 6.54 Å². The van der Waals surface area contributed by atoms with Crippen LogP contribution in [-0.2, 0) is 11.3 Å². The molecule has 2 atom stereocenters. The first-order valence-electron chi connectivity index (χ1n) is 6.09. The van der Waals surface area contributed by atoms with Crippen LogP contribution in [0.5, 0.6) is 0 Å². The number of aromatic nitrogens is 4. The Morgan fingerprint density at radius 2 is 2.37 bits per heavy atom. The number of tetrazole rings is 1. The van der Waals surface area contributed by atoms with Crippen molar-refractivity contribution < 1.29 is 14.7 Å². The Morgan fingerprint density at radius 3 is 3.00 bits per heavy atom. The van der Waals surface area contributed by atoms with E-state index in [9.17, 15) is 14.7 Å². The van der Waals surface area contributed by atoms with Crippen LogP contribution in [0.3, 0.4) is 0 Å². The van der Waals surface area contributed by atoms with E-state index in [2.05, 4.69) is 25.9 Å². The van der Waals surface area contributed by atoms with E-state index in [1.807, 2.05) is 6.92 Å². The van der Waals surface area contributed by atoms with E-state index in [0.717, 1.165) is 12.8 Å². The average molecular weight is 268 g/mol. The predicted octanol–water partition coefficient (Wildman–Crippen LogP) is -0.406. The van der Waals surface area contributed by atoms with E-state index >= 15 is 0 Å². The van der Waals surface area contributed by atoms with Crippen LogP contribution in [0.15, 0.2) is 0 Å². The maximum atomic E-state index is 12.0. The molecule has 2 amide bonds.